The first-order chi connectivity index (χ1) is 3.13. The average molecular weight is 291 g/mol. The first-order valence-electron chi connectivity index (χ1n) is 2.89. The molecule has 0 amide bonds. The van der Waals surface area contributed by atoms with Crippen molar-refractivity contribution in [1.82, 2.24) is 4.65 Å². The van der Waals surface area contributed by atoms with Gasteiger partial charge in [0.2, 0.25) is 0 Å². The Morgan fingerprint density at radius 2 is 1.12 bits per heavy atom. The molecule has 0 saturated heterocycles. The Labute approximate surface area is 87.7 Å². The van der Waals surface area contributed by atoms with E-state index in [0.29, 0.717) is 0 Å². The molecule has 0 spiro atoms. The third-order valence-electron chi connectivity index (χ3n) is 0.667. The summed E-state index contributed by atoms with van der Waals surface area (Å²) in [6.07, 6.45) is 0. The van der Waals surface area contributed by atoms with Crippen LogP contribution in [-0.2, 0) is 0 Å². The van der Waals surface area contributed by atoms with Crippen LogP contribution in [0.4, 0.5) is 0 Å². The second-order valence-corrected chi connectivity index (χ2v) is 8.43. The average Bonchev–Trinajstić information content (AvgIpc) is 1.27. The van der Waals surface area contributed by atoms with Crippen molar-refractivity contribution in [3.8, 4) is 0 Å². The van der Waals surface area contributed by atoms with Gasteiger partial charge >= 0.3 is 0 Å². The van der Waals surface area contributed by atoms with E-state index in [-0.39, 0.29) is 39.9 Å². The van der Waals surface area contributed by atoms with Gasteiger partial charge in [-0.25, -0.2) is 0 Å². The minimum Gasteiger partial charge on any atom is -0.365 e. The van der Waals surface area contributed by atoms with Crippen molar-refractivity contribution in [3.05, 3.63) is 0 Å². The van der Waals surface area contributed by atoms with Crippen LogP contribution in [0, 0.1) is 39.9 Å². The largest absolute Gasteiger partial charge is 0.365 e. The molecule has 0 aromatic rings. The number of rotatable bonds is 2. The number of hydrogen-bond acceptors (Lipinski definition) is 1. The van der Waals surface area contributed by atoms with Crippen LogP contribution < -0.4 is 4.65 Å². The van der Waals surface area contributed by atoms with E-state index in [4.69, 9.17) is 0 Å². The Morgan fingerprint density at radius 3 is 1.12 bits per heavy atom. The topological polar surface area (TPSA) is 12.0 Å². The van der Waals surface area contributed by atoms with Crippen LogP contribution in [0.5, 0.6) is 0 Å². The molecule has 4 heteroatoms. The summed E-state index contributed by atoms with van der Waals surface area (Å²) in [6.45, 7) is 9.31. The molecular formula is C4H15GdNSi2. The Morgan fingerprint density at radius 1 is 0.875 bits per heavy atom. The van der Waals surface area contributed by atoms with E-state index in [1.54, 1.807) is 0 Å². The Balaban J connectivity index is 0. The van der Waals surface area contributed by atoms with Crippen molar-refractivity contribution in [2.24, 2.45) is 0 Å². The molecule has 0 aliphatic heterocycles. The van der Waals surface area contributed by atoms with Crippen LogP contribution in [0.1, 0.15) is 0 Å². The summed E-state index contributed by atoms with van der Waals surface area (Å²) in [4.78, 5) is 0. The quantitative estimate of drug-likeness (QED) is 0.732. The second kappa shape index (κ2) is 6.83. The van der Waals surface area contributed by atoms with Crippen molar-refractivity contribution in [3.63, 3.8) is 0 Å². The van der Waals surface area contributed by atoms with Crippen LogP contribution in [0.3, 0.4) is 0 Å². The second-order valence-electron chi connectivity index (χ2n) is 2.48. The summed E-state index contributed by atoms with van der Waals surface area (Å²) in [5.41, 5.74) is 0. The van der Waals surface area contributed by atoms with Gasteiger partial charge in [0.15, 0.2) is 0 Å². The zero-order chi connectivity index (χ0) is 5.86. The molecule has 0 rings (SSSR count). The molecule has 0 saturated carbocycles. The molecule has 1 N–H and O–H groups in total. The fraction of sp³-hybridized carbons (Fsp3) is 1.00. The summed E-state index contributed by atoms with van der Waals surface area (Å²) < 4.78 is 3.58. The van der Waals surface area contributed by atoms with Gasteiger partial charge in [-0.1, -0.05) is 26.2 Å². The van der Waals surface area contributed by atoms with Crippen LogP contribution in [0.25, 0.3) is 0 Å². The fourth-order valence-electron chi connectivity index (χ4n) is 0.667. The summed E-state index contributed by atoms with van der Waals surface area (Å²) in [5.74, 6) is 0. The Hall–Kier alpha value is 1.72. The Kier molecular flexibility index (Phi) is 10.6. The third-order valence-corrected chi connectivity index (χ3v) is 6.00. The molecule has 1 nitrogen and oxygen atoms in total. The summed E-state index contributed by atoms with van der Waals surface area (Å²) >= 11 is 0. The van der Waals surface area contributed by atoms with Gasteiger partial charge in [-0.2, -0.15) is 0 Å². The maximum absolute atomic E-state index is 3.58. The molecule has 0 heterocycles. The van der Waals surface area contributed by atoms with Crippen molar-refractivity contribution in [2.75, 3.05) is 0 Å². The maximum atomic E-state index is 3.58. The molecule has 0 bridgehead atoms. The van der Waals surface area contributed by atoms with Gasteiger partial charge in [0.1, 0.15) is 0 Å². The summed E-state index contributed by atoms with van der Waals surface area (Å²) in [5, 5.41) is 0. The zero-order valence-electron chi connectivity index (χ0n) is 6.01. The van der Waals surface area contributed by atoms with E-state index >= 15 is 0 Å². The molecule has 0 aromatic carbocycles. The van der Waals surface area contributed by atoms with E-state index in [1.165, 1.54) is 0 Å². The Bertz CT molecular complexity index is 43.3. The van der Waals surface area contributed by atoms with Crippen molar-refractivity contribution in [2.45, 2.75) is 26.2 Å². The van der Waals surface area contributed by atoms with Crippen molar-refractivity contribution in [1.29, 1.82) is 0 Å². The number of hydrogen-bond donors (Lipinski definition) is 1. The molecule has 0 radical (unpaired) electrons. The molecule has 0 atom stereocenters. The van der Waals surface area contributed by atoms with E-state index in [2.05, 4.69) is 30.8 Å². The molecule has 52 valence electrons. The van der Waals surface area contributed by atoms with Crippen LogP contribution >= 0.6 is 0 Å². The predicted octanol–water partition coefficient (Wildman–Crippen LogP) is 0.543. The van der Waals surface area contributed by atoms with Crippen molar-refractivity contribution < 1.29 is 39.9 Å². The van der Waals surface area contributed by atoms with Gasteiger partial charge in [0, 0.05) is 39.9 Å². The third kappa shape index (κ3) is 10.7. The van der Waals surface area contributed by atoms with E-state index in [1.807, 2.05) is 0 Å². The van der Waals surface area contributed by atoms with Gasteiger partial charge in [0.25, 0.3) is 0 Å². The zero-order valence-corrected chi connectivity index (χ0v) is 10.6. The molecular weight excluding hydrogens is 275 g/mol. The van der Waals surface area contributed by atoms with E-state index in [9.17, 15) is 0 Å². The molecule has 0 aliphatic rings. The van der Waals surface area contributed by atoms with Crippen LogP contribution in [0.15, 0.2) is 0 Å². The standard InChI is InChI=1S/C4H15NSi2.Gd/c1-6(2)5-7(3)4;/h5-7H,1-4H3;. The van der Waals surface area contributed by atoms with Gasteiger partial charge < -0.3 is 4.65 Å². The van der Waals surface area contributed by atoms with Crippen LogP contribution in [0.2, 0.25) is 26.2 Å². The van der Waals surface area contributed by atoms with Gasteiger partial charge in [-0.05, 0) is 0 Å². The van der Waals surface area contributed by atoms with Crippen LogP contribution in [-0.4, -0.2) is 17.9 Å². The first-order valence-corrected chi connectivity index (χ1v) is 8.66. The molecule has 8 heavy (non-hydrogen) atoms. The monoisotopic (exact) mass is 291 g/mol. The van der Waals surface area contributed by atoms with Gasteiger partial charge in [0.05, 0.1) is 17.9 Å². The normalized spacial score (nSPS) is 9.75. The molecule has 0 fully saturated rings. The van der Waals surface area contributed by atoms with Gasteiger partial charge in [-0.15, -0.1) is 0 Å². The molecule has 0 aromatic heterocycles. The fourth-order valence-corrected chi connectivity index (χ4v) is 6.00. The number of nitrogens with one attached hydrogen (secondary N) is 1. The smallest absolute Gasteiger partial charge is 0.0953 e. The minimum atomic E-state index is -0.417. The summed E-state index contributed by atoms with van der Waals surface area (Å²) in [6, 6.07) is 0. The first kappa shape index (κ1) is 12.4. The van der Waals surface area contributed by atoms with Crippen molar-refractivity contribution >= 4 is 17.9 Å². The van der Waals surface area contributed by atoms with E-state index in [0.717, 1.165) is 0 Å². The molecule has 0 aliphatic carbocycles. The van der Waals surface area contributed by atoms with Gasteiger partial charge in [-0.3, -0.25) is 0 Å². The summed E-state index contributed by atoms with van der Waals surface area (Å²) in [7, 11) is -0.833. The van der Waals surface area contributed by atoms with E-state index < -0.39 is 17.9 Å². The predicted molar refractivity (Wildman–Crippen MR) is 40.9 cm³/mol. The SMILES string of the molecule is C[SiH](C)N[SiH](C)C.[Gd]. The molecule has 0 unspecified atom stereocenters. The maximum Gasteiger partial charge on any atom is 0.0953 e. The minimum absolute atomic E-state index is 0.